The fraction of sp³-hybridized carbons (Fsp3) is 0.273. The molecule has 0 saturated heterocycles. The summed E-state index contributed by atoms with van der Waals surface area (Å²) in [6, 6.07) is 71.3. The summed E-state index contributed by atoms with van der Waals surface area (Å²) in [5.74, 6) is -0.0806. The molecule has 8 aromatic carbocycles. The third-order valence-electron chi connectivity index (χ3n) is 13.2. The number of alkyl halides is 2. The van der Waals surface area contributed by atoms with Crippen LogP contribution in [-0.4, -0.2) is 71.0 Å². The zero-order valence-electron chi connectivity index (χ0n) is 57.0. The number of rotatable bonds is 13. The van der Waals surface area contributed by atoms with Crippen molar-refractivity contribution in [2.24, 2.45) is 0 Å². The van der Waals surface area contributed by atoms with Crippen molar-refractivity contribution in [3.8, 4) is 11.1 Å². The van der Waals surface area contributed by atoms with Crippen molar-refractivity contribution >= 4 is 80.9 Å². The molecule has 0 spiro atoms. The summed E-state index contributed by atoms with van der Waals surface area (Å²) in [6.07, 6.45) is 6.49. The summed E-state index contributed by atoms with van der Waals surface area (Å²) < 4.78 is 10.5. The van der Waals surface area contributed by atoms with E-state index in [0.29, 0.717) is 36.2 Å². The Bertz CT molecular complexity index is 3460. The summed E-state index contributed by atoms with van der Waals surface area (Å²) in [7, 11) is 0. The number of carbonyl (C=O) groups excluding carboxylic acids is 4. The number of anilines is 4. The van der Waals surface area contributed by atoms with Gasteiger partial charge in [-0.15, -0.1) is 106 Å². The smallest absolute Gasteiger partial charge is 0.412 e. The standard InChI is InChI=1S/C28H27N2O3.C13H20N2O2.C12H10.C10H6ClO.C7H8.C6H15N.CH2Cl2.2H3N.2Y/c1-28(2,3)33-27(32)29-24-13-15-25(16-14-24)30(19-20-9-5-4-6-10-20)26(31)23-17-21-11-7-8-12-22(21)18-23;1-5-14-10-6-8-11(9-7-10)15-12(16)17-13(2,3)4;1-3-7-11(8-4-1)12-9-5-2-6-10-12;11-10(12)9-5-7-3-1-2-4-8(7)6-9;1-7-5-3-2-4-6-7;1-4-7(5-2)6-3;2-1-3;;;;/h4-16H,17,19H2,1-3H3,(H,29,32);6-9,14H,5H2,1-4H3,(H,15,16);1-10H;1-4H,5H2;2-6H,1H3;4-6H2,1-3H3;1H2;2*1H3;;/q-1;;;-1;;;;;;;. The van der Waals surface area contributed by atoms with Crippen molar-refractivity contribution in [2.75, 3.05) is 52.4 Å². The van der Waals surface area contributed by atoms with E-state index in [0.717, 1.165) is 51.4 Å². The second kappa shape index (κ2) is 48.4. The van der Waals surface area contributed by atoms with Crippen molar-refractivity contribution in [3.63, 3.8) is 0 Å². The molecule has 0 heterocycles. The van der Waals surface area contributed by atoms with Crippen LogP contribution in [0, 0.1) is 19.1 Å². The number of benzene rings is 8. The Labute approximate surface area is 631 Å². The van der Waals surface area contributed by atoms with E-state index < -0.39 is 28.6 Å². The van der Waals surface area contributed by atoms with Gasteiger partial charge in [0, 0.05) is 101 Å². The third-order valence-corrected chi connectivity index (χ3v) is 13.4. The molecule has 0 bridgehead atoms. The molecular formula is C77H94Cl3N7O6Y2-2. The van der Waals surface area contributed by atoms with Gasteiger partial charge in [-0.05, 0) is 153 Å². The van der Waals surface area contributed by atoms with E-state index in [1.54, 1.807) is 17.0 Å². The summed E-state index contributed by atoms with van der Waals surface area (Å²) in [4.78, 5) is 52.0. The molecule has 0 fully saturated rings. The van der Waals surface area contributed by atoms with E-state index in [9.17, 15) is 19.2 Å². The number of allylic oxidation sites excluding steroid dienone is 1. The van der Waals surface area contributed by atoms with E-state index in [1.165, 1.54) is 36.3 Å². The largest absolute Gasteiger partial charge is 0.444 e. The third kappa shape index (κ3) is 35.5. The number of aryl methyl sites for hydroxylation is 1. The van der Waals surface area contributed by atoms with Gasteiger partial charge in [0.25, 0.3) is 0 Å². The Morgan fingerprint density at radius 2 is 0.832 bits per heavy atom. The van der Waals surface area contributed by atoms with Crippen LogP contribution in [0.1, 0.15) is 103 Å². The zero-order valence-corrected chi connectivity index (χ0v) is 64.9. The van der Waals surface area contributed by atoms with Crippen molar-refractivity contribution in [3.05, 3.63) is 275 Å². The fourth-order valence-electron chi connectivity index (χ4n) is 8.75. The molecule has 0 aromatic heterocycles. The normalized spacial score (nSPS) is 10.9. The summed E-state index contributed by atoms with van der Waals surface area (Å²) in [5, 5.41) is 8.39. The molecule has 0 atom stereocenters. The molecule has 18 heteroatoms. The minimum atomic E-state index is -0.577. The number of amides is 3. The van der Waals surface area contributed by atoms with Crippen molar-refractivity contribution in [2.45, 2.75) is 107 Å². The van der Waals surface area contributed by atoms with Gasteiger partial charge >= 0.3 is 12.2 Å². The summed E-state index contributed by atoms with van der Waals surface area (Å²) >= 11 is 14.9. The van der Waals surface area contributed by atoms with Gasteiger partial charge in [-0.2, -0.15) is 0 Å². The molecular weight excluding hydrogens is 1400 g/mol. The molecule has 8 aromatic rings. The van der Waals surface area contributed by atoms with E-state index in [1.807, 2.05) is 194 Å². The molecule has 13 nitrogen and oxygen atoms in total. The minimum absolute atomic E-state index is 0. The number of halogens is 3. The van der Waals surface area contributed by atoms with Gasteiger partial charge in [0.2, 0.25) is 0 Å². The van der Waals surface area contributed by atoms with Gasteiger partial charge in [0.1, 0.15) is 11.2 Å². The number of fused-ring (bicyclic) bond motifs is 2. The van der Waals surface area contributed by atoms with Crippen LogP contribution in [0.4, 0.5) is 32.3 Å². The molecule has 95 heavy (non-hydrogen) atoms. The average Bonchev–Trinajstić information content (AvgIpc) is 1.75. The quantitative estimate of drug-likeness (QED) is 0.0420. The first-order chi connectivity index (χ1) is 43.6. The molecule has 3 amide bonds. The maximum absolute atomic E-state index is 13.6. The second-order valence-electron chi connectivity index (χ2n) is 22.5. The van der Waals surface area contributed by atoms with Crippen molar-refractivity contribution < 1.29 is 94.1 Å². The molecule has 2 aliphatic carbocycles. The van der Waals surface area contributed by atoms with Crippen molar-refractivity contribution in [1.29, 1.82) is 0 Å². The van der Waals surface area contributed by atoms with Crippen LogP contribution in [0.3, 0.4) is 0 Å². The first-order valence-electron chi connectivity index (χ1n) is 30.5. The zero-order chi connectivity index (χ0) is 66.6. The predicted molar refractivity (Wildman–Crippen MR) is 390 cm³/mol. The van der Waals surface area contributed by atoms with Crippen LogP contribution in [-0.2, 0) is 104 Å². The van der Waals surface area contributed by atoms with Gasteiger partial charge in [0.15, 0.2) is 11.1 Å². The Kier molecular flexibility index (Phi) is 45.2. The maximum atomic E-state index is 13.6. The van der Waals surface area contributed by atoms with Crippen LogP contribution >= 0.6 is 34.8 Å². The van der Waals surface area contributed by atoms with Gasteiger partial charge in [-0.25, -0.2) is 9.59 Å². The van der Waals surface area contributed by atoms with Crippen LogP contribution < -0.4 is 33.2 Å². The average molecular weight is 1500 g/mol. The van der Waals surface area contributed by atoms with Gasteiger partial charge in [-0.1, -0.05) is 171 Å². The number of hydrogen-bond donors (Lipinski definition) is 5. The van der Waals surface area contributed by atoms with Crippen LogP contribution in [0.15, 0.2) is 230 Å². The molecule has 10 rings (SSSR count). The molecule has 502 valence electrons. The van der Waals surface area contributed by atoms with Crippen LogP contribution in [0.5, 0.6) is 0 Å². The topological polar surface area (TPSA) is 199 Å². The molecule has 0 aliphatic heterocycles. The molecule has 0 unspecified atom stereocenters. The Hall–Kier alpha value is -6.32. The van der Waals surface area contributed by atoms with E-state index in [4.69, 9.17) is 44.3 Å². The van der Waals surface area contributed by atoms with Crippen LogP contribution in [0.25, 0.3) is 11.1 Å². The van der Waals surface area contributed by atoms with Gasteiger partial charge < -0.3 is 46.5 Å². The maximum Gasteiger partial charge on any atom is 0.412 e. The molecule has 9 N–H and O–H groups in total. The fourth-order valence-corrected chi connectivity index (χ4v) is 8.87. The number of ether oxygens (including phenoxy) is 2. The van der Waals surface area contributed by atoms with Crippen molar-refractivity contribution in [1.82, 2.24) is 17.2 Å². The van der Waals surface area contributed by atoms with Crippen LogP contribution in [0.2, 0.25) is 0 Å². The first-order valence-corrected chi connectivity index (χ1v) is 31.9. The Balaban J connectivity index is 0.00000120. The Morgan fingerprint density at radius 3 is 1.18 bits per heavy atom. The number of carbonyl (C=O) groups is 4. The molecule has 0 saturated carbocycles. The first kappa shape index (κ1) is 88.7. The SMILES string of the molecule is CC(C)(C)OC(=O)Nc1ccc(N(Cc2ccccc2)C(=O)C2=[C-]c3ccccc3C2)cc1.CCN(CC)CC.CCNc1ccc(NC(=O)OC(C)(C)C)cc1.Cc1ccccc1.ClCCl.N.N.O=C(Cl)C1=[C-]c2ccccc2C1.[Y].[Y].c1ccc(-c2ccccc2)cc1. The summed E-state index contributed by atoms with van der Waals surface area (Å²) in [6.45, 7) is 26.5. The number of hydrogen-bond acceptors (Lipinski definition) is 10. The molecule has 2 aliphatic rings. The van der Waals surface area contributed by atoms with E-state index in [-0.39, 0.29) is 89.0 Å². The van der Waals surface area contributed by atoms with E-state index in [2.05, 4.69) is 121 Å². The molecule has 2 radical (unpaired) electrons. The Morgan fingerprint density at radius 1 is 0.484 bits per heavy atom. The second-order valence-corrected chi connectivity index (χ2v) is 23.7. The monoisotopic (exact) mass is 1500 g/mol. The van der Waals surface area contributed by atoms with Gasteiger partial charge in [0.05, 0.1) is 5.34 Å². The number of nitrogens with one attached hydrogen (secondary N) is 3. The van der Waals surface area contributed by atoms with Gasteiger partial charge in [-0.3, -0.25) is 10.6 Å². The number of nitrogens with zero attached hydrogens (tertiary/aromatic N) is 2. The van der Waals surface area contributed by atoms with E-state index >= 15 is 0 Å². The minimum Gasteiger partial charge on any atom is -0.444 e. The predicted octanol–water partition coefficient (Wildman–Crippen LogP) is 19.9. The summed E-state index contributed by atoms with van der Waals surface area (Å²) in [5.41, 5.74) is 12.3.